The van der Waals surface area contributed by atoms with Crippen molar-refractivity contribution >= 4 is 33.0 Å². The number of pyridine rings is 1. The zero-order valence-corrected chi connectivity index (χ0v) is 18.2. The second-order valence-electron chi connectivity index (χ2n) is 7.32. The van der Waals surface area contributed by atoms with Gasteiger partial charge in [-0.2, -0.15) is 0 Å². The number of amides is 1. The van der Waals surface area contributed by atoms with Gasteiger partial charge in [-0.3, -0.25) is 4.79 Å². The number of nitrogens with one attached hydrogen (secondary N) is 1. The Kier molecular flexibility index (Phi) is 5.40. The van der Waals surface area contributed by atoms with Crippen LogP contribution in [-0.2, 0) is 0 Å². The van der Waals surface area contributed by atoms with E-state index < -0.39 is 0 Å². The Hall–Kier alpha value is -3.96. The summed E-state index contributed by atoms with van der Waals surface area (Å²) in [5.74, 6) is 0.704. The van der Waals surface area contributed by atoms with Crippen molar-refractivity contribution in [2.75, 3.05) is 12.4 Å². The van der Waals surface area contributed by atoms with Gasteiger partial charge in [0.25, 0.3) is 5.91 Å². The first-order chi connectivity index (χ1) is 15.7. The lowest BCUT2D eigenvalue weighted by molar-refractivity contribution is 0.103. The van der Waals surface area contributed by atoms with Crippen LogP contribution in [0.3, 0.4) is 0 Å². The molecular formula is C27H20N2O2S. The van der Waals surface area contributed by atoms with Crippen molar-refractivity contribution in [1.82, 2.24) is 4.98 Å². The number of benzene rings is 3. The van der Waals surface area contributed by atoms with Crippen molar-refractivity contribution in [2.45, 2.75) is 0 Å². The van der Waals surface area contributed by atoms with E-state index in [0.29, 0.717) is 4.88 Å². The van der Waals surface area contributed by atoms with Gasteiger partial charge in [-0.05, 0) is 66.0 Å². The third kappa shape index (κ3) is 4.11. The molecule has 0 spiro atoms. The van der Waals surface area contributed by atoms with Crippen molar-refractivity contribution in [2.24, 2.45) is 0 Å². The third-order valence-corrected chi connectivity index (χ3v) is 6.32. The van der Waals surface area contributed by atoms with Gasteiger partial charge in [-0.25, -0.2) is 4.98 Å². The first-order valence-corrected chi connectivity index (χ1v) is 11.0. The lowest BCUT2D eigenvalue weighted by atomic mass is 10.1. The summed E-state index contributed by atoms with van der Waals surface area (Å²) in [6.07, 6.45) is 0. The van der Waals surface area contributed by atoms with Gasteiger partial charge in [-0.15, -0.1) is 11.3 Å². The lowest BCUT2D eigenvalue weighted by Gasteiger charge is -2.08. The molecule has 0 saturated heterocycles. The number of fused-ring (bicyclic) bond motifs is 1. The number of carbonyl (C=O) groups excluding carboxylic acids is 1. The van der Waals surface area contributed by atoms with Crippen molar-refractivity contribution in [3.05, 3.63) is 102 Å². The molecule has 2 aromatic heterocycles. The highest BCUT2D eigenvalue weighted by Crippen LogP contribution is 2.28. The van der Waals surface area contributed by atoms with Gasteiger partial charge >= 0.3 is 0 Å². The minimum Gasteiger partial charge on any atom is -0.497 e. The summed E-state index contributed by atoms with van der Waals surface area (Å²) in [7, 11) is 1.65. The number of aromatic nitrogens is 1. The van der Waals surface area contributed by atoms with Gasteiger partial charge in [0.1, 0.15) is 5.75 Å². The Morgan fingerprint density at radius 1 is 0.812 bits per heavy atom. The number of ether oxygens (including phenoxy) is 1. The molecule has 0 bridgehead atoms. The predicted octanol–water partition coefficient (Wildman–Crippen LogP) is 6.89. The van der Waals surface area contributed by atoms with Crippen LogP contribution in [0.2, 0.25) is 0 Å². The van der Waals surface area contributed by atoms with Crippen LogP contribution in [0.1, 0.15) is 9.67 Å². The summed E-state index contributed by atoms with van der Waals surface area (Å²) in [5, 5.41) is 4.10. The minimum atomic E-state index is -0.108. The maximum Gasteiger partial charge on any atom is 0.265 e. The normalized spacial score (nSPS) is 10.8. The van der Waals surface area contributed by atoms with Crippen LogP contribution >= 0.6 is 11.3 Å². The molecule has 1 N–H and O–H groups in total. The molecule has 156 valence electrons. The Bertz CT molecular complexity index is 1370. The van der Waals surface area contributed by atoms with Gasteiger partial charge in [-0.1, -0.05) is 36.4 Å². The number of methoxy groups -OCH3 is 1. The molecule has 0 aliphatic carbocycles. The maximum absolute atomic E-state index is 12.8. The number of anilines is 1. The molecule has 5 rings (SSSR count). The van der Waals surface area contributed by atoms with Crippen molar-refractivity contribution in [3.63, 3.8) is 0 Å². The molecule has 32 heavy (non-hydrogen) atoms. The van der Waals surface area contributed by atoms with Gasteiger partial charge in [0.2, 0.25) is 0 Å². The Balaban J connectivity index is 1.39. The van der Waals surface area contributed by atoms with Gasteiger partial charge in [0.05, 0.1) is 23.4 Å². The van der Waals surface area contributed by atoms with Crippen molar-refractivity contribution in [1.29, 1.82) is 0 Å². The summed E-state index contributed by atoms with van der Waals surface area (Å²) in [5.41, 5.74) is 4.42. The molecule has 0 aliphatic rings. The number of hydrogen-bond donors (Lipinski definition) is 1. The molecule has 0 atom stereocenters. The first-order valence-electron chi connectivity index (χ1n) is 10.2. The monoisotopic (exact) mass is 436 g/mol. The summed E-state index contributed by atoms with van der Waals surface area (Å²) < 4.78 is 6.34. The predicted molar refractivity (Wildman–Crippen MR) is 131 cm³/mol. The van der Waals surface area contributed by atoms with Gasteiger partial charge in [0, 0.05) is 21.5 Å². The summed E-state index contributed by atoms with van der Waals surface area (Å²) >= 11 is 1.49. The topological polar surface area (TPSA) is 51.2 Å². The fraction of sp³-hybridized carbons (Fsp3) is 0.0370. The van der Waals surface area contributed by atoms with Gasteiger partial charge in [0.15, 0.2) is 0 Å². The molecule has 5 heteroatoms. The van der Waals surface area contributed by atoms with Crippen molar-refractivity contribution in [3.8, 4) is 28.3 Å². The van der Waals surface area contributed by atoms with Crippen LogP contribution in [-0.4, -0.2) is 18.0 Å². The second-order valence-corrected chi connectivity index (χ2v) is 8.40. The molecule has 2 heterocycles. The van der Waals surface area contributed by atoms with E-state index in [0.717, 1.165) is 44.0 Å². The number of carbonyl (C=O) groups is 1. The highest BCUT2D eigenvalue weighted by atomic mass is 32.1. The van der Waals surface area contributed by atoms with E-state index in [1.54, 1.807) is 7.11 Å². The van der Waals surface area contributed by atoms with Crippen molar-refractivity contribution < 1.29 is 9.53 Å². The van der Waals surface area contributed by atoms with Crippen LogP contribution in [0.15, 0.2) is 97.1 Å². The number of hydrogen-bond acceptors (Lipinski definition) is 4. The molecule has 0 unspecified atom stereocenters. The summed E-state index contributed by atoms with van der Waals surface area (Å²) in [6, 6.07) is 31.5. The van der Waals surface area contributed by atoms with Crippen LogP contribution in [0.25, 0.3) is 32.6 Å². The van der Waals surface area contributed by atoms with E-state index in [4.69, 9.17) is 9.72 Å². The number of nitrogens with zero attached hydrogens (tertiary/aromatic N) is 1. The number of thiophene rings is 1. The molecule has 0 saturated carbocycles. The highest BCUT2D eigenvalue weighted by Gasteiger charge is 2.11. The Labute approximate surface area is 190 Å². The molecular weight excluding hydrogens is 416 g/mol. The summed E-state index contributed by atoms with van der Waals surface area (Å²) in [6.45, 7) is 0. The highest BCUT2D eigenvalue weighted by molar-refractivity contribution is 7.20. The van der Waals surface area contributed by atoms with Crippen LogP contribution in [0.4, 0.5) is 5.69 Å². The first kappa shape index (κ1) is 20.0. The largest absolute Gasteiger partial charge is 0.497 e. The quantitative estimate of drug-likeness (QED) is 0.326. The molecule has 3 aromatic carbocycles. The maximum atomic E-state index is 12.8. The SMILES string of the molecule is COc1ccc(-c2cccc(-c3cccc(NC(=O)c4cc5ccccc5s4)c3)n2)cc1. The average molecular weight is 437 g/mol. The van der Waals surface area contributed by atoms with Crippen LogP contribution in [0.5, 0.6) is 5.75 Å². The minimum absolute atomic E-state index is 0.108. The fourth-order valence-electron chi connectivity index (χ4n) is 3.56. The van der Waals surface area contributed by atoms with E-state index in [1.165, 1.54) is 11.3 Å². The zero-order valence-electron chi connectivity index (χ0n) is 17.4. The summed E-state index contributed by atoms with van der Waals surface area (Å²) in [4.78, 5) is 18.3. The number of rotatable bonds is 5. The smallest absolute Gasteiger partial charge is 0.265 e. The van der Waals surface area contributed by atoms with E-state index in [9.17, 15) is 4.79 Å². The molecule has 1 amide bonds. The zero-order chi connectivity index (χ0) is 21.9. The molecule has 0 radical (unpaired) electrons. The van der Waals surface area contributed by atoms with Gasteiger partial charge < -0.3 is 10.1 Å². The molecule has 5 aromatic rings. The Morgan fingerprint density at radius 2 is 1.56 bits per heavy atom. The fourth-order valence-corrected chi connectivity index (χ4v) is 4.52. The standard InChI is InChI=1S/C27H20N2O2S/c1-31-22-14-12-18(13-15-22)23-9-5-10-24(29-23)19-7-4-8-21(16-19)28-27(30)26-17-20-6-2-3-11-25(20)32-26/h2-17H,1H3,(H,28,30). The van der Waals surface area contributed by atoms with Crippen LogP contribution < -0.4 is 10.1 Å². The van der Waals surface area contributed by atoms with E-state index in [1.807, 2.05) is 97.1 Å². The van der Waals surface area contributed by atoms with E-state index in [2.05, 4.69) is 5.32 Å². The lowest BCUT2D eigenvalue weighted by Crippen LogP contribution is -2.10. The third-order valence-electron chi connectivity index (χ3n) is 5.20. The van der Waals surface area contributed by atoms with E-state index in [-0.39, 0.29) is 5.91 Å². The van der Waals surface area contributed by atoms with Crippen LogP contribution in [0, 0.1) is 0 Å². The second kappa shape index (κ2) is 8.65. The Morgan fingerprint density at radius 3 is 2.34 bits per heavy atom. The molecule has 4 nitrogen and oxygen atoms in total. The molecule has 0 aliphatic heterocycles. The van der Waals surface area contributed by atoms with E-state index >= 15 is 0 Å². The average Bonchev–Trinajstić information content (AvgIpc) is 3.29. The molecule has 0 fully saturated rings.